The fourth-order valence-corrected chi connectivity index (χ4v) is 3.75. The number of carbonyl (C=O) groups is 1. The zero-order valence-electron chi connectivity index (χ0n) is 11.9. The summed E-state index contributed by atoms with van der Waals surface area (Å²) in [5, 5.41) is 10.9. The van der Waals surface area contributed by atoms with Crippen molar-refractivity contribution in [3.8, 4) is 6.07 Å². The number of fused-ring (bicyclic) bond motifs is 1. The van der Waals surface area contributed by atoms with E-state index in [4.69, 9.17) is 5.26 Å². The normalized spacial score (nSPS) is 18.0. The van der Waals surface area contributed by atoms with Crippen LogP contribution in [0.1, 0.15) is 39.3 Å². The molecule has 1 aliphatic heterocycles. The molecule has 1 aliphatic rings. The predicted molar refractivity (Wildman–Crippen MR) is 83.5 cm³/mol. The minimum absolute atomic E-state index is 0.116. The summed E-state index contributed by atoms with van der Waals surface area (Å²) in [5.41, 5.74) is 2.62. The molecule has 4 heteroatoms. The van der Waals surface area contributed by atoms with E-state index >= 15 is 0 Å². The number of hydrogen-bond donors (Lipinski definition) is 0. The first-order chi connectivity index (χ1) is 10.2. The van der Waals surface area contributed by atoms with Crippen molar-refractivity contribution in [3.05, 3.63) is 57.3 Å². The van der Waals surface area contributed by atoms with Crippen LogP contribution in [0.4, 0.5) is 0 Å². The highest BCUT2D eigenvalue weighted by Gasteiger charge is 2.26. The number of nitriles is 1. The highest BCUT2D eigenvalue weighted by Crippen LogP contribution is 2.32. The fraction of sp³-hybridized carbons (Fsp3) is 0.294. The Kier molecular flexibility index (Phi) is 3.87. The first-order valence-corrected chi connectivity index (χ1v) is 7.90. The van der Waals surface area contributed by atoms with E-state index in [0.717, 1.165) is 13.0 Å². The minimum Gasteiger partial charge on any atom is -0.293 e. The van der Waals surface area contributed by atoms with Crippen LogP contribution in [-0.2, 0) is 6.42 Å². The third-order valence-electron chi connectivity index (χ3n) is 4.09. The predicted octanol–water partition coefficient (Wildman–Crippen LogP) is 3.42. The molecule has 3 nitrogen and oxygen atoms in total. The molecule has 0 bridgehead atoms. The second-order valence-electron chi connectivity index (χ2n) is 5.31. The van der Waals surface area contributed by atoms with Crippen molar-refractivity contribution in [1.29, 1.82) is 5.26 Å². The van der Waals surface area contributed by atoms with Gasteiger partial charge >= 0.3 is 0 Å². The van der Waals surface area contributed by atoms with Crippen LogP contribution in [0.5, 0.6) is 0 Å². The van der Waals surface area contributed by atoms with Crippen molar-refractivity contribution in [3.63, 3.8) is 0 Å². The number of benzene rings is 1. The van der Waals surface area contributed by atoms with Gasteiger partial charge in [0.25, 0.3) is 0 Å². The van der Waals surface area contributed by atoms with E-state index in [9.17, 15) is 4.79 Å². The van der Waals surface area contributed by atoms with E-state index in [1.54, 1.807) is 24.3 Å². The number of carbonyl (C=O) groups excluding carboxylic acids is 1. The number of ketones is 1. The Morgan fingerprint density at radius 1 is 1.38 bits per heavy atom. The minimum atomic E-state index is 0.116. The average molecular weight is 296 g/mol. The third-order valence-corrected chi connectivity index (χ3v) is 5.08. The van der Waals surface area contributed by atoms with E-state index in [1.807, 2.05) is 11.3 Å². The van der Waals surface area contributed by atoms with Gasteiger partial charge in [-0.15, -0.1) is 11.3 Å². The maximum atomic E-state index is 12.4. The smallest absolute Gasteiger partial charge is 0.176 e. The van der Waals surface area contributed by atoms with Crippen molar-refractivity contribution in [2.75, 3.05) is 13.1 Å². The van der Waals surface area contributed by atoms with Crippen molar-refractivity contribution in [2.45, 2.75) is 19.4 Å². The van der Waals surface area contributed by atoms with Crippen LogP contribution < -0.4 is 0 Å². The quantitative estimate of drug-likeness (QED) is 0.815. The summed E-state index contributed by atoms with van der Waals surface area (Å²) in [7, 11) is 0. The number of nitrogens with zero attached hydrogens (tertiary/aromatic N) is 2. The molecule has 1 unspecified atom stereocenters. The SMILES string of the molecule is CC1c2ccsc2CCN1CC(=O)c1ccc(C#N)cc1. The number of thiophene rings is 1. The van der Waals surface area contributed by atoms with Crippen LogP contribution in [0, 0.1) is 11.3 Å². The summed E-state index contributed by atoms with van der Waals surface area (Å²) in [5.74, 6) is 0.116. The number of Topliss-reactive ketones (excluding diaryl/α,β-unsaturated/α-hetero) is 1. The second-order valence-corrected chi connectivity index (χ2v) is 6.31. The van der Waals surface area contributed by atoms with Gasteiger partial charge in [0, 0.05) is 23.0 Å². The summed E-state index contributed by atoms with van der Waals surface area (Å²) < 4.78 is 0. The van der Waals surface area contributed by atoms with Gasteiger partial charge in [-0.25, -0.2) is 0 Å². The van der Waals surface area contributed by atoms with Gasteiger partial charge in [0.1, 0.15) is 0 Å². The lowest BCUT2D eigenvalue weighted by molar-refractivity contribution is 0.0891. The molecule has 2 heterocycles. The van der Waals surface area contributed by atoms with Gasteiger partial charge in [-0.05, 0) is 42.5 Å². The van der Waals surface area contributed by atoms with Crippen LogP contribution in [0.2, 0.25) is 0 Å². The zero-order chi connectivity index (χ0) is 14.8. The van der Waals surface area contributed by atoms with Crippen LogP contribution in [-0.4, -0.2) is 23.8 Å². The molecule has 0 aliphatic carbocycles. The molecule has 0 saturated carbocycles. The largest absolute Gasteiger partial charge is 0.293 e. The van der Waals surface area contributed by atoms with E-state index in [2.05, 4.69) is 29.3 Å². The molecule has 2 aromatic rings. The molecule has 0 amide bonds. The molecule has 21 heavy (non-hydrogen) atoms. The Labute approximate surface area is 128 Å². The average Bonchev–Trinajstić information content (AvgIpc) is 2.99. The summed E-state index contributed by atoms with van der Waals surface area (Å²) in [4.78, 5) is 16.1. The third kappa shape index (κ3) is 2.76. The van der Waals surface area contributed by atoms with Gasteiger partial charge in [-0.1, -0.05) is 12.1 Å². The maximum Gasteiger partial charge on any atom is 0.176 e. The molecule has 3 rings (SSSR count). The Morgan fingerprint density at radius 2 is 2.14 bits per heavy atom. The Bertz CT molecular complexity index is 696. The van der Waals surface area contributed by atoms with E-state index < -0.39 is 0 Å². The lowest BCUT2D eigenvalue weighted by Crippen LogP contribution is -2.37. The van der Waals surface area contributed by atoms with Gasteiger partial charge < -0.3 is 0 Å². The van der Waals surface area contributed by atoms with Gasteiger partial charge in [0.2, 0.25) is 0 Å². The van der Waals surface area contributed by atoms with Crippen molar-refractivity contribution in [2.24, 2.45) is 0 Å². The van der Waals surface area contributed by atoms with E-state index in [0.29, 0.717) is 23.7 Å². The lowest BCUT2D eigenvalue weighted by atomic mass is 10.00. The van der Waals surface area contributed by atoms with Crippen LogP contribution >= 0.6 is 11.3 Å². The number of hydrogen-bond acceptors (Lipinski definition) is 4. The van der Waals surface area contributed by atoms with Gasteiger partial charge in [-0.3, -0.25) is 9.69 Å². The van der Waals surface area contributed by atoms with Gasteiger partial charge in [-0.2, -0.15) is 5.26 Å². The molecule has 0 radical (unpaired) electrons. The Balaban J connectivity index is 1.72. The van der Waals surface area contributed by atoms with Crippen LogP contribution in [0.25, 0.3) is 0 Å². The van der Waals surface area contributed by atoms with Crippen LogP contribution in [0.15, 0.2) is 35.7 Å². The highest BCUT2D eigenvalue weighted by atomic mass is 32.1. The molecule has 0 spiro atoms. The zero-order valence-corrected chi connectivity index (χ0v) is 12.7. The molecule has 0 N–H and O–H groups in total. The van der Waals surface area contributed by atoms with E-state index in [-0.39, 0.29) is 5.78 Å². The summed E-state index contributed by atoms with van der Waals surface area (Å²) in [6.45, 7) is 3.52. The van der Waals surface area contributed by atoms with Gasteiger partial charge in [0.05, 0.1) is 18.2 Å². The molecule has 0 fully saturated rings. The molecular formula is C17H16N2OS. The highest BCUT2D eigenvalue weighted by molar-refractivity contribution is 7.10. The summed E-state index contributed by atoms with van der Waals surface area (Å²) in [6.07, 6.45) is 1.03. The standard InChI is InChI=1S/C17H16N2OS/c1-12-15-7-9-21-17(15)6-8-19(12)11-16(20)14-4-2-13(10-18)3-5-14/h2-5,7,9,12H,6,8,11H2,1H3. The topological polar surface area (TPSA) is 44.1 Å². The molecule has 1 aromatic carbocycles. The Morgan fingerprint density at radius 3 is 2.86 bits per heavy atom. The monoisotopic (exact) mass is 296 g/mol. The summed E-state index contributed by atoms with van der Waals surface area (Å²) >= 11 is 1.81. The lowest BCUT2D eigenvalue weighted by Gasteiger charge is -2.32. The van der Waals surface area contributed by atoms with Gasteiger partial charge in [0.15, 0.2) is 5.78 Å². The maximum absolute atomic E-state index is 12.4. The molecule has 1 atom stereocenters. The molecule has 0 saturated heterocycles. The van der Waals surface area contributed by atoms with Crippen molar-refractivity contribution in [1.82, 2.24) is 4.90 Å². The van der Waals surface area contributed by atoms with E-state index in [1.165, 1.54) is 10.4 Å². The first-order valence-electron chi connectivity index (χ1n) is 7.02. The van der Waals surface area contributed by atoms with Crippen molar-refractivity contribution < 1.29 is 4.79 Å². The second kappa shape index (κ2) is 5.80. The van der Waals surface area contributed by atoms with Crippen LogP contribution in [0.3, 0.4) is 0 Å². The van der Waals surface area contributed by atoms with Crippen molar-refractivity contribution >= 4 is 17.1 Å². The summed E-state index contributed by atoms with van der Waals surface area (Å²) in [6, 6.07) is 11.4. The molecule has 1 aromatic heterocycles. The molecule has 106 valence electrons. The fourth-order valence-electron chi connectivity index (χ4n) is 2.78. The number of rotatable bonds is 3. The molecular weight excluding hydrogens is 280 g/mol. The first kappa shape index (κ1) is 14.0. The Hall–Kier alpha value is -1.96.